The van der Waals surface area contributed by atoms with Crippen LogP contribution in [-0.4, -0.2) is 9.55 Å². The van der Waals surface area contributed by atoms with Crippen molar-refractivity contribution in [3.8, 4) is 0 Å². The average Bonchev–Trinajstić information content (AvgIpc) is 3.08. The van der Waals surface area contributed by atoms with Crippen LogP contribution in [0.3, 0.4) is 0 Å². The molecule has 0 spiro atoms. The van der Waals surface area contributed by atoms with E-state index in [0.29, 0.717) is 5.56 Å². The lowest BCUT2D eigenvalue weighted by molar-refractivity contribution is 0.583. The molecule has 138 valence electrons. The van der Waals surface area contributed by atoms with Crippen LogP contribution in [0.25, 0.3) is 16.7 Å². The molecule has 1 aromatic heterocycles. The van der Waals surface area contributed by atoms with Crippen LogP contribution >= 0.6 is 0 Å². The summed E-state index contributed by atoms with van der Waals surface area (Å²) in [6, 6.07) is 21.0. The lowest BCUT2D eigenvalue weighted by atomic mass is 9.98. The lowest BCUT2D eigenvalue weighted by Crippen LogP contribution is -2.20. The number of halogens is 1. The largest absolute Gasteiger partial charge is 0.325 e. The van der Waals surface area contributed by atoms with E-state index in [9.17, 15) is 4.39 Å². The molecule has 28 heavy (non-hydrogen) atoms. The number of nitrogens with one attached hydrogen (secondary N) is 1. The molecule has 1 aliphatic heterocycles. The van der Waals surface area contributed by atoms with E-state index in [1.807, 2.05) is 36.4 Å². The zero-order valence-corrected chi connectivity index (χ0v) is 15.8. The highest BCUT2D eigenvalue weighted by molar-refractivity contribution is 5.85. The first kappa shape index (κ1) is 16.8. The maximum Gasteiger partial charge on any atom is 0.209 e. The third kappa shape index (κ3) is 2.61. The van der Waals surface area contributed by atoms with E-state index in [2.05, 4.69) is 48.0 Å². The first-order chi connectivity index (χ1) is 13.6. The van der Waals surface area contributed by atoms with Crippen molar-refractivity contribution in [3.63, 3.8) is 0 Å². The van der Waals surface area contributed by atoms with Gasteiger partial charge in [-0.15, -0.1) is 0 Å². The number of para-hydroxylation sites is 2. The van der Waals surface area contributed by atoms with Crippen LogP contribution in [0.1, 0.15) is 28.3 Å². The summed E-state index contributed by atoms with van der Waals surface area (Å²) in [4.78, 5) is 4.76. The monoisotopic (exact) mass is 369 g/mol. The Bertz CT molecular complexity index is 1240. The van der Waals surface area contributed by atoms with Gasteiger partial charge in [0.1, 0.15) is 5.82 Å². The van der Waals surface area contributed by atoms with Crippen LogP contribution in [0.15, 0.2) is 72.8 Å². The molecule has 3 aromatic carbocycles. The zero-order valence-electron chi connectivity index (χ0n) is 15.8. The minimum absolute atomic E-state index is 0.214. The van der Waals surface area contributed by atoms with Crippen molar-refractivity contribution in [2.75, 3.05) is 5.32 Å². The molecule has 1 N–H and O–H groups in total. The molecule has 5 rings (SSSR count). The van der Waals surface area contributed by atoms with Crippen molar-refractivity contribution < 1.29 is 4.39 Å². The van der Waals surface area contributed by atoms with Crippen LogP contribution in [0.4, 0.5) is 10.3 Å². The Balaban J connectivity index is 1.74. The third-order valence-electron chi connectivity index (χ3n) is 5.49. The predicted octanol–water partition coefficient (Wildman–Crippen LogP) is 5.85. The summed E-state index contributed by atoms with van der Waals surface area (Å²) < 4.78 is 16.8. The Morgan fingerprint density at radius 2 is 1.71 bits per heavy atom. The second-order valence-corrected chi connectivity index (χ2v) is 7.26. The number of nitrogens with zero attached hydrogens (tertiary/aromatic N) is 2. The number of imidazole rings is 1. The number of anilines is 1. The maximum absolute atomic E-state index is 14.7. The number of benzene rings is 3. The topological polar surface area (TPSA) is 29.9 Å². The van der Waals surface area contributed by atoms with E-state index < -0.39 is 0 Å². The molecular formula is C24H20FN3. The van der Waals surface area contributed by atoms with Gasteiger partial charge in [-0.1, -0.05) is 42.5 Å². The smallest absolute Gasteiger partial charge is 0.209 e. The highest BCUT2D eigenvalue weighted by Crippen LogP contribution is 2.37. The Morgan fingerprint density at radius 1 is 0.929 bits per heavy atom. The van der Waals surface area contributed by atoms with Crippen molar-refractivity contribution >= 4 is 22.7 Å². The Hall–Kier alpha value is -3.40. The van der Waals surface area contributed by atoms with Gasteiger partial charge in [-0.3, -0.25) is 4.57 Å². The molecule has 2 heterocycles. The average molecular weight is 369 g/mol. The molecule has 0 unspecified atom stereocenters. The zero-order chi connectivity index (χ0) is 19.3. The molecule has 0 saturated heterocycles. The maximum atomic E-state index is 14.7. The highest BCUT2D eigenvalue weighted by atomic mass is 19.1. The molecule has 0 saturated carbocycles. The number of allylic oxidation sites excluding steroid dienone is 1. The molecule has 1 aliphatic rings. The van der Waals surface area contributed by atoms with Crippen LogP contribution < -0.4 is 5.32 Å². The van der Waals surface area contributed by atoms with Crippen molar-refractivity contribution in [2.45, 2.75) is 19.9 Å². The van der Waals surface area contributed by atoms with Gasteiger partial charge in [0.15, 0.2) is 0 Å². The van der Waals surface area contributed by atoms with E-state index in [0.717, 1.165) is 28.2 Å². The summed E-state index contributed by atoms with van der Waals surface area (Å²) in [6.45, 7) is 4.20. The second-order valence-electron chi connectivity index (χ2n) is 7.26. The Kier molecular flexibility index (Phi) is 3.79. The van der Waals surface area contributed by atoms with Gasteiger partial charge >= 0.3 is 0 Å². The normalized spacial score (nSPS) is 15.8. The van der Waals surface area contributed by atoms with E-state index in [1.165, 1.54) is 17.2 Å². The molecule has 0 fully saturated rings. The molecule has 4 heteroatoms. The lowest BCUT2D eigenvalue weighted by Gasteiger charge is -2.27. The highest BCUT2D eigenvalue weighted by Gasteiger charge is 2.26. The van der Waals surface area contributed by atoms with Gasteiger partial charge in [-0.05, 0) is 60.9 Å². The van der Waals surface area contributed by atoms with Crippen LogP contribution in [-0.2, 0) is 0 Å². The van der Waals surface area contributed by atoms with Crippen molar-refractivity contribution in [2.24, 2.45) is 0 Å². The van der Waals surface area contributed by atoms with Crippen molar-refractivity contribution in [1.82, 2.24) is 9.55 Å². The summed E-state index contributed by atoms with van der Waals surface area (Å²) in [7, 11) is 0. The molecular weight excluding hydrogens is 349 g/mol. The molecule has 0 aliphatic carbocycles. The fourth-order valence-corrected chi connectivity index (χ4v) is 3.83. The van der Waals surface area contributed by atoms with Gasteiger partial charge < -0.3 is 5.32 Å². The minimum atomic E-state index is -0.276. The van der Waals surface area contributed by atoms with E-state index in [1.54, 1.807) is 6.07 Å². The summed E-state index contributed by atoms with van der Waals surface area (Å²) in [5.41, 5.74) is 6.99. The number of hydrogen-bond acceptors (Lipinski definition) is 2. The summed E-state index contributed by atoms with van der Waals surface area (Å²) in [5, 5.41) is 3.46. The Labute approximate surface area is 163 Å². The summed E-state index contributed by atoms with van der Waals surface area (Å²) >= 11 is 0. The molecule has 0 amide bonds. The number of fused-ring (bicyclic) bond motifs is 3. The summed E-state index contributed by atoms with van der Waals surface area (Å²) in [5.74, 6) is 0.513. The standard InChI is InChI=1S/C24H20FN3/c1-15-11-12-17(13-16(15)2)21-14-23(18-7-3-4-8-19(18)25)28-22-10-6-5-9-20(22)26-24(28)27-21/h3-14,23H,1-2H3,(H,26,27)/t23-/m1/s1. The van der Waals surface area contributed by atoms with Crippen LogP contribution in [0.2, 0.25) is 0 Å². The fraction of sp³-hybridized carbons (Fsp3) is 0.125. The van der Waals surface area contributed by atoms with Gasteiger partial charge in [0.25, 0.3) is 0 Å². The molecule has 1 atom stereocenters. The summed E-state index contributed by atoms with van der Waals surface area (Å²) in [6.07, 6.45) is 2.09. The number of aryl methyl sites for hydroxylation is 2. The predicted molar refractivity (Wildman–Crippen MR) is 112 cm³/mol. The SMILES string of the molecule is Cc1ccc(C2=C[C@H](c3ccccc3F)n3c(nc4ccccc43)N2)cc1C. The van der Waals surface area contributed by atoms with E-state index in [4.69, 9.17) is 4.98 Å². The molecule has 3 nitrogen and oxygen atoms in total. The minimum Gasteiger partial charge on any atom is -0.325 e. The van der Waals surface area contributed by atoms with Crippen LogP contribution in [0.5, 0.6) is 0 Å². The van der Waals surface area contributed by atoms with Gasteiger partial charge in [0.2, 0.25) is 5.95 Å². The molecule has 0 bridgehead atoms. The third-order valence-corrected chi connectivity index (χ3v) is 5.49. The van der Waals surface area contributed by atoms with Gasteiger partial charge in [0, 0.05) is 11.3 Å². The second kappa shape index (κ2) is 6.34. The Morgan fingerprint density at radius 3 is 2.54 bits per heavy atom. The van der Waals surface area contributed by atoms with Gasteiger partial charge in [0.05, 0.1) is 17.1 Å². The number of hydrogen-bond donors (Lipinski definition) is 1. The number of rotatable bonds is 2. The van der Waals surface area contributed by atoms with E-state index in [-0.39, 0.29) is 11.9 Å². The van der Waals surface area contributed by atoms with Crippen LogP contribution in [0, 0.1) is 19.7 Å². The van der Waals surface area contributed by atoms with Crippen molar-refractivity contribution in [1.29, 1.82) is 0 Å². The van der Waals surface area contributed by atoms with Gasteiger partial charge in [-0.2, -0.15) is 0 Å². The number of aromatic nitrogens is 2. The van der Waals surface area contributed by atoms with Crippen molar-refractivity contribution in [3.05, 3.63) is 101 Å². The first-order valence-electron chi connectivity index (χ1n) is 9.40. The van der Waals surface area contributed by atoms with E-state index >= 15 is 0 Å². The quantitative estimate of drug-likeness (QED) is 0.480. The fourth-order valence-electron chi connectivity index (χ4n) is 3.83. The first-order valence-corrected chi connectivity index (χ1v) is 9.40. The molecule has 4 aromatic rings. The van der Waals surface area contributed by atoms with Gasteiger partial charge in [-0.25, -0.2) is 9.37 Å². The molecule has 0 radical (unpaired) electrons.